The van der Waals surface area contributed by atoms with Gasteiger partial charge in [-0.1, -0.05) is 13.8 Å². The second-order valence-corrected chi connectivity index (χ2v) is 15.2. The van der Waals surface area contributed by atoms with Crippen LogP contribution in [0.1, 0.15) is 51.1 Å². The number of aromatic nitrogens is 1. The lowest BCUT2D eigenvalue weighted by Gasteiger charge is -2.42. The number of pyridine rings is 1. The number of rotatable bonds is 10. The first-order chi connectivity index (χ1) is 15.1. The van der Waals surface area contributed by atoms with Crippen LogP contribution in [0, 0.1) is 5.41 Å². The molecule has 1 aliphatic carbocycles. The van der Waals surface area contributed by atoms with E-state index >= 15 is 0 Å². The highest BCUT2D eigenvalue weighted by Crippen LogP contribution is 2.46. The Balaban J connectivity index is 2.05. The van der Waals surface area contributed by atoms with Crippen molar-refractivity contribution in [1.82, 2.24) is 10.3 Å². The number of allylic oxidation sites excluding steroid dienone is 1. The van der Waals surface area contributed by atoms with E-state index in [0.717, 1.165) is 42.7 Å². The SMILES string of the molecule is CNc1nc(C2CCC(C)(C)C(NC(=O)CCN=CC=CN)C2)ccc1NC[P+](C)(C)C. The van der Waals surface area contributed by atoms with Crippen molar-refractivity contribution in [2.24, 2.45) is 16.1 Å². The lowest BCUT2D eigenvalue weighted by Crippen LogP contribution is -2.48. The standard InChI is InChI=1S/C24H41N6OP/c1-24(2)12-10-18(16-21(24)30-22(31)11-15-27-14-7-13-25)19-8-9-20(23(26-3)29-19)28-17-32(4,5)6/h7-9,13-14,18,21,28H,10-12,15-17H2,1-6H3,(H3-,25,26,27,29,30,31)/p+1. The van der Waals surface area contributed by atoms with E-state index in [1.54, 1.807) is 12.3 Å². The van der Waals surface area contributed by atoms with Gasteiger partial charge >= 0.3 is 0 Å². The predicted octanol–water partition coefficient (Wildman–Crippen LogP) is 4.11. The highest BCUT2D eigenvalue weighted by Gasteiger charge is 2.38. The summed E-state index contributed by atoms with van der Waals surface area (Å²) in [5.41, 5.74) is 7.49. The normalized spacial score (nSPS) is 21.1. The van der Waals surface area contributed by atoms with Crippen molar-refractivity contribution in [2.45, 2.75) is 51.5 Å². The quantitative estimate of drug-likeness (QED) is 0.310. The first-order valence-electron chi connectivity index (χ1n) is 11.4. The van der Waals surface area contributed by atoms with Crippen LogP contribution in [0.5, 0.6) is 0 Å². The van der Waals surface area contributed by atoms with Crippen LogP contribution in [0.3, 0.4) is 0 Å². The highest BCUT2D eigenvalue weighted by molar-refractivity contribution is 7.73. The van der Waals surface area contributed by atoms with E-state index in [0.29, 0.717) is 18.9 Å². The van der Waals surface area contributed by atoms with Gasteiger partial charge in [0.15, 0.2) is 0 Å². The Morgan fingerprint density at radius 3 is 2.75 bits per heavy atom. The van der Waals surface area contributed by atoms with Gasteiger partial charge in [-0.15, -0.1) is 0 Å². The summed E-state index contributed by atoms with van der Waals surface area (Å²) in [7, 11) is 0.994. The average molecular weight is 462 g/mol. The van der Waals surface area contributed by atoms with Gasteiger partial charge in [-0.2, -0.15) is 0 Å². The number of nitrogens with one attached hydrogen (secondary N) is 3. The Kier molecular flexibility index (Phi) is 9.50. The Morgan fingerprint density at radius 2 is 2.09 bits per heavy atom. The molecule has 0 radical (unpaired) electrons. The summed E-state index contributed by atoms with van der Waals surface area (Å²) < 4.78 is 0. The summed E-state index contributed by atoms with van der Waals surface area (Å²) in [6, 6.07) is 4.40. The predicted molar refractivity (Wildman–Crippen MR) is 141 cm³/mol. The monoisotopic (exact) mass is 461 g/mol. The lowest BCUT2D eigenvalue weighted by atomic mass is 9.68. The topological polar surface area (TPSA) is 104 Å². The molecule has 0 aliphatic heterocycles. The van der Waals surface area contributed by atoms with Gasteiger partial charge in [0.05, 0.1) is 25.7 Å². The maximum atomic E-state index is 12.5. The van der Waals surface area contributed by atoms with E-state index in [2.05, 4.69) is 66.9 Å². The van der Waals surface area contributed by atoms with Crippen molar-refractivity contribution in [2.75, 3.05) is 50.5 Å². The van der Waals surface area contributed by atoms with Crippen molar-refractivity contribution in [3.8, 4) is 0 Å². The molecule has 2 atom stereocenters. The molecule has 0 aromatic carbocycles. The number of amides is 1. The molecule has 1 aliphatic rings. The van der Waals surface area contributed by atoms with Crippen LogP contribution in [0.2, 0.25) is 0 Å². The van der Waals surface area contributed by atoms with Gasteiger partial charge < -0.3 is 21.7 Å². The molecule has 2 rings (SSSR count). The highest BCUT2D eigenvalue weighted by atomic mass is 31.2. The van der Waals surface area contributed by atoms with Crippen LogP contribution < -0.4 is 21.7 Å². The Labute approximate surface area is 194 Å². The van der Waals surface area contributed by atoms with E-state index in [9.17, 15) is 4.79 Å². The maximum absolute atomic E-state index is 12.5. The summed E-state index contributed by atoms with van der Waals surface area (Å²) in [5.74, 6) is 1.27. The number of aliphatic imine (C=N–C) groups is 1. The zero-order chi connectivity index (χ0) is 23.8. The van der Waals surface area contributed by atoms with Crippen LogP contribution >= 0.6 is 7.26 Å². The van der Waals surface area contributed by atoms with Crippen LogP contribution in [-0.4, -0.2) is 63.0 Å². The van der Waals surface area contributed by atoms with Gasteiger partial charge in [0.1, 0.15) is 12.1 Å². The third-order valence-corrected chi connectivity index (χ3v) is 7.13. The number of nitrogens with two attached hydrogens (primary N) is 1. The lowest BCUT2D eigenvalue weighted by molar-refractivity contribution is -0.122. The second-order valence-electron chi connectivity index (χ2n) is 10.3. The summed E-state index contributed by atoms with van der Waals surface area (Å²) in [4.78, 5) is 21.6. The summed E-state index contributed by atoms with van der Waals surface area (Å²) in [5, 5.41) is 10.1. The number of hydrogen-bond acceptors (Lipinski definition) is 6. The molecular weight excluding hydrogens is 419 g/mol. The number of carbonyl (C=O) groups excluding carboxylic acids is 1. The number of carbonyl (C=O) groups is 1. The second kappa shape index (κ2) is 11.6. The molecule has 0 spiro atoms. The van der Waals surface area contributed by atoms with Crippen LogP contribution in [-0.2, 0) is 4.79 Å². The molecule has 32 heavy (non-hydrogen) atoms. The molecule has 1 aromatic rings. The molecule has 7 nitrogen and oxygen atoms in total. The molecule has 1 fully saturated rings. The van der Waals surface area contributed by atoms with Crippen molar-refractivity contribution in [3.63, 3.8) is 0 Å². The minimum absolute atomic E-state index is 0.0477. The molecular formula is C24H42N6OP+. The molecule has 8 heteroatoms. The molecule has 1 saturated carbocycles. The van der Waals surface area contributed by atoms with Gasteiger partial charge in [-0.05, 0) is 49.1 Å². The van der Waals surface area contributed by atoms with E-state index in [-0.39, 0.29) is 17.4 Å². The molecule has 0 bridgehead atoms. The van der Waals surface area contributed by atoms with Crippen molar-refractivity contribution in [1.29, 1.82) is 0 Å². The summed E-state index contributed by atoms with van der Waals surface area (Å²) in [6.45, 7) is 11.9. The Hall–Kier alpha value is -2.14. The molecule has 1 heterocycles. The third kappa shape index (κ3) is 8.09. The van der Waals surface area contributed by atoms with Gasteiger partial charge in [0.2, 0.25) is 5.91 Å². The van der Waals surface area contributed by atoms with Crippen LogP contribution in [0.15, 0.2) is 29.4 Å². The van der Waals surface area contributed by atoms with Crippen molar-refractivity contribution >= 4 is 30.9 Å². The van der Waals surface area contributed by atoms with Crippen molar-refractivity contribution in [3.05, 3.63) is 30.1 Å². The number of hydrogen-bond donors (Lipinski definition) is 4. The molecule has 2 unspecified atom stereocenters. The van der Waals surface area contributed by atoms with E-state index in [1.807, 2.05) is 7.05 Å². The van der Waals surface area contributed by atoms with Gasteiger partial charge in [0, 0.05) is 51.1 Å². The average Bonchev–Trinajstić information content (AvgIpc) is 2.73. The fourth-order valence-electron chi connectivity index (χ4n) is 3.94. The Morgan fingerprint density at radius 1 is 1.34 bits per heavy atom. The van der Waals surface area contributed by atoms with E-state index in [1.165, 1.54) is 6.20 Å². The molecule has 1 aromatic heterocycles. The number of anilines is 2. The third-order valence-electron chi connectivity index (χ3n) is 6.02. The molecule has 1 amide bonds. The van der Waals surface area contributed by atoms with E-state index < -0.39 is 7.26 Å². The zero-order valence-electron chi connectivity index (χ0n) is 20.6. The summed E-state index contributed by atoms with van der Waals surface area (Å²) >= 11 is 0. The summed E-state index contributed by atoms with van der Waals surface area (Å²) in [6.07, 6.45) is 9.10. The minimum Gasteiger partial charge on any atom is -0.405 e. The van der Waals surface area contributed by atoms with Crippen LogP contribution in [0.25, 0.3) is 0 Å². The van der Waals surface area contributed by atoms with E-state index in [4.69, 9.17) is 10.7 Å². The fourth-order valence-corrected chi connectivity index (χ4v) is 4.58. The molecule has 178 valence electrons. The van der Waals surface area contributed by atoms with Gasteiger partial charge in [0.25, 0.3) is 0 Å². The fraction of sp³-hybridized carbons (Fsp3) is 0.625. The zero-order valence-corrected chi connectivity index (χ0v) is 21.5. The molecule has 5 N–H and O–H groups in total. The first kappa shape index (κ1) is 26.1. The van der Waals surface area contributed by atoms with Gasteiger partial charge in [-0.25, -0.2) is 4.98 Å². The molecule has 0 saturated heterocycles. The largest absolute Gasteiger partial charge is 0.405 e. The van der Waals surface area contributed by atoms with Gasteiger partial charge in [-0.3, -0.25) is 9.79 Å². The van der Waals surface area contributed by atoms with Crippen LogP contribution in [0.4, 0.5) is 11.5 Å². The number of nitrogens with zero attached hydrogens (tertiary/aromatic N) is 2. The Bertz CT molecular complexity index is 815. The smallest absolute Gasteiger partial charge is 0.222 e. The van der Waals surface area contributed by atoms with Crippen molar-refractivity contribution < 1.29 is 4.79 Å². The maximum Gasteiger partial charge on any atom is 0.222 e. The first-order valence-corrected chi connectivity index (χ1v) is 14.8. The minimum atomic E-state index is -0.925.